The minimum Gasteiger partial charge on any atom is -0.323 e. The Morgan fingerprint density at radius 2 is 1.79 bits per heavy atom. The number of benzene rings is 1. The van der Waals surface area contributed by atoms with Gasteiger partial charge in [0, 0.05) is 13.1 Å². The van der Waals surface area contributed by atoms with E-state index in [1.165, 1.54) is 17.0 Å². The molecule has 1 aromatic rings. The van der Waals surface area contributed by atoms with Gasteiger partial charge in [-0.3, -0.25) is 9.69 Å². The Bertz CT molecular complexity index is 711. The van der Waals surface area contributed by atoms with E-state index in [1.54, 1.807) is 12.1 Å². The molecule has 2 fully saturated rings. The van der Waals surface area contributed by atoms with Gasteiger partial charge in [-0.1, -0.05) is 52.2 Å². The fraction of sp³-hybridized carbons (Fsp3) is 0.652. The zero-order valence-electron chi connectivity index (χ0n) is 17.9. The molecule has 5 nitrogen and oxygen atoms in total. The van der Waals surface area contributed by atoms with Gasteiger partial charge in [-0.2, -0.15) is 0 Å². The van der Waals surface area contributed by atoms with Crippen LogP contribution in [0.3, 0.4) is 0 Å². The molecule has 1 aliphatic carbocycles. The molecule has 1 saturated heterocycles. The molecule has 0 bridgehead atoms. The van der Waals surface area contributed by atoms with Crippen LogP contribution in [0.5, 0.6) is 0 Å². The highest BCUT2D eigenvalue weighted by atomic mass is 19.1. The molecule has 1 aliphatic heterocycles. The third-order valence-corrected chi connectivity index (χ3v) is 6.73. The number of nitrogens with zero attached hydrogens (tertiary/aromatic N) is 2. The standard InChI is InChI=1S/C23H34FN3O2/c1-4-5-6-14-26(15-19-10-12-20(24)13-11-19)16-27-21(28)23(25-22(27)29)17(2)8-7-9-18(23)3/h10-13,17-18H,4-9,14-16H2,1-3H3,(H,25,29)/t17-,18-/m1/s1. The van der Waals surface area contributed by atoms with Gasteiger partial charge in [-0.05, 0) is 48.8 Å². The van der Waals surface area contributed by atoms with E-state index in [0.717, 1.165) is 50.6 Å². The lowest BCUT2D eigenvalue weighted by Gasteiger charge is -2.42. The monoisotopic (exact) mass is 403 g/mol. The van der Waals surface area contributed by atoms with Gasteiger partial charge < -0.3 is 5.32 Å². The van der Waals surface area contributed by atoms with Gasteiger partial charge in [-0.15, -0.1) is 0 Å². The number of hydrogen-bond acceptors (Lipinski definition) is 3. The topological polar surface area (TPSA) is 52.6 Å². The van der Waals surface area contributed by atoms with Crippen LogP contribution in [0.2, 0.25) is 0 Å². The largest absolute Gasteiger partial charge is 0.326 e. The number of nitrogens with one attached hydrogen (secondary N) is 1. The molecule has 160 valence electrons. The first-order valence-electron chi connectivity index (χ1n) is 11.0. The zero-order valence-corrected chi connectivity index (χ0v) is 17.9. The molecule has 0 aromatic heterocycles. The highest BCUT2D eigenvalue weighted by Gasteiger charge is 2.58. The van der Waals surface area contributed by atoms with Crippen molar-refractivity contribution in [3.05, 3.63) is 35.6 Å². The summed E-state index contributed by atoms with van der Waals surface area (Å²) in [6, 6.07) is 6.15. The van der Waals surface area contributed by atoms with Crippen LogP contribution in [0.1, 0.15) is 64.9 Å². The van der Waals surface area contributed by atoms with E-state index in [-0.39, 0.29) is 36.3 Å². The van der Waals surface area contributed by atoms with Crippen molar-refractivity contribution in [2.75, 3.05) is 13.2 Å². The Morgan fingerprint density at radius 3 is 2.41 bits per heavy atom. The Labute approximate surface area is 173 Å². The maximum absolute atomic E-state index is 13.4. The molecular weight excluding hydrogens is 369 g/mol. The summed E-state index contributed by atoms with van der Waals surface area (Å²) in [4.78, 5) is 29.8. The third-order valence-electron chi connectivity index (χ3n) is 6.73. The molecule has 29 heavy (non-hydrogen) atoms. The summed E-state index contributed by atoms with van der Waals surface area (Å²) in [5.74, 6) is -0.0684. The maximum Gasteiger partial charge on any atom is 0.326 e. The highest BCUT2D eigenvalue weighted by Crippen LogP contribution is 2.42. The molecule has 1 aromatic carbocycles. The molecule has 1 saturated carbocycles. The van der Waals surface area contributed by atoms with Crippen molar-refractivity contribution in [1.82, 2.24) is 15.1 Å². The van der Waals surface area contributed by atoms with Crippen LogP contribution in [0.15, 0.2) is 24.3 Å². The number of rotatable bonds is 8. The van der Waals surface area contributed by atoms with Crippen molar-refractivity contribution in [3.8, 4) is 0 Å². The van der Waals surface area contributed by atoms with E-state index in [4.69, 9.17) is 0 Å². The van der Waals surface area contributed by atoms with Crippen molar-refractivity contribution in [2.24, 2.45) is 11.8 Å². The van der Waals surface area contributed by atoms with Crippen LogP contribution in [0.25, 0.3) is 0 Å². The number of hydrogen-bond donors (Lipinski definition) is 1. The van der Waals surface area contributed by atoms with Gasteiger partial charge in [0.1, 0.15) is 11.4 Å². The molecule has 1 spiro atoms. The summed E-state index contributed by atoms with van der Waals surface area (Å²) in [7, 11) is 0. The molecular formula is C23H34FN3O2. The minimum atomic E-state index is -0.764. The number of halogens is 1. The Hall–Kier alpha value is -1.95. The molecule has 2 aliphatic rings. The molecule has 2 atom stereocenters. The van der Waals surface area contributed by atoms with E-state index < -0.39 is 5.54 Å². The van der Waals surface area contributed by atoms with Gasteiger partial charge in [0.15, 0.2) is 0 Å². The second-order valence-corrected chi connectivity index (χ2v) is 8.79. The van der Waals surface area contributed by atoms with Crippen LogP contribution in [-0.4, -0.2) is 40.5 Å². The summed E-state index contributed by atoms with van der Waals surface area (Å²) in [6.45, 7) is 7.95. The Kier molecular flexibility index (Phi) is 6.93. The summed E-state index contributed by atoms with van der Waals surface area (Å²) in [6.07, 6.45) is 6.21. The molecule has 1 N–H and O–H groups in total. The van der Waals surface area contributed by atoms with Crippen LogP contribution in [0, 0.1) is 17.7 Å². The average molecular weight is 404 g/mol. The number of amides is 3. The second kappa shape index (κ2) is 9.24. The summed E-state index contributed by atoms with van der Waals surface area (Å²) >= 11 is 0. The van der Waals surface area contributed by atoms with Crippen molar-refractivity contribution in [3.63, 3.8) is 0 Å². The second-order valence-electron chi connectivity index (χ2n) is 8.79. The van der Waals surface area contributed by atoms with Crippen LogP contribution in [-0.2, 0) is 11.3 Å². The number of unbranched alkanes of at least 4 members (excludes halogenated alkanes) is 2. The lowest BCUT2D eigenvalue weighted by Crippen LogP contribution is -2.59. The number of carbonyl (C=O) groups excluding carboxylic acids is 2. The Balaban J connectivity index is 1.76. The summed E-state index contributed by atoms with van der Waals surface area (Å²) < 4.78 is 13.3. The van der Waals surface area contributed by atoms with Crippen LogP contribution in [0.4, 0.5) is 9.18 Å². The quantitative estimate of drug-likeness (QED) is 0.513. The van der Waals surface area contributed by atoms with Gasteiger partial charge in [0.2, 0.25) is 0 Å². The van der Waals surface area contributed by atoms with Crippen LogP contribution >= 0.6 is 0 Å². The third kappa shape index (κ3) is 4.47. The van der Waals surface area contributed by atoms with Gasteiger partial charge >= 0.3 is 6.03 Å². The van der Waals surface area contributed by atoms with Crippen molar-refractivity contribution >= 4 is 11.9 Å². The Morgan fingerprint density at radius 1 is 1.14 bits per heavy atom. The van der Waals surface area contributed by atoms with E-state index in [9.17, 15) is 14.0 Å². The number of urea groups is 1. The van der Waals surface area contributed by atoms with E-state index >= 15 is 0 Å². The summed E-state index contributed by atoms with van der Waals surface area (Å²) in [5, 5.41) is 3.07. The molecule has 6 heteroatoms. The predicted octanol–water partition coefficient (Wildman–Crippen LogP) is 4.52. The maximum atomic E-state index is 13.4. The van der Waals surface area contributed by atoms with E-state index in [1.807, 2.05) is 0 Å². The van der Waals surface area contributed by atoms with Gasteiger partial charge in [0.05, 0.1) is 6.67 Å². The van der Waals surface area contributed by atoms with Crippen LogP contribution < -0.4 is 5.32 Å². The fourth-order valence-electron chi connectivity index (χ4n) is 4.91. The molecule has 1 heterocycles. The number of carbonyl (C=O) groups is 2. The predicted molar refractivity (Wildman–Crippen MR) is 111 cm³/mol. The molecule has 3 amide bonds. The first kappa shape index (κ1) is 21.8. The van der Waals surface area contributed by atoms with Gasteiger partial charge in [-0.25, -0.2) is 14.1 Å². The molecule has 3 rings (SSSR count). The fourth-order valence-corrected chi connectivity index (χ4v) is 4.91. The zero-order chi connectivity index (χ0) is 21.0. The molecule has 0 unspecified atom stereocenters. The number of imide groups is 1. The SMILES string of the molecule is CCCCCN(Cc1ccc(F)cc1)CN1C(=O)NC2(C1=O)[C@H](C)CCC[C@H]2C. The van der Waals surface area contributed by atoms with E-state index in [2.05, 4.69) is 31.0 Å². The van der Waals surface area contributed by atoms with Crippen molar-refractivity contribution in [1.29, 1.82) is 0 Å². The first-order valence-corrected chi connectivity index (χ1v) is 11.0. The first-order chi connectivity index (χ1) is 13.9. The van der Waals surface area contributed by atoms with Gasteiger partial charge in [0.25, 0.3) is 5.91 Å². The lowest BCUT2D eigenvalue weighted by molar-refractivity contribution is -0.138. The minimum absolute atomic E-state index is 0.0817. The van der Waals surface area contributed by atoms with Crippen molar-refractivity contribution < 1.29 is 14.0 Å². The van der Waals surface area contributed by atoms with E-state index in [0.29, 0.717) is 6.54 Å². The normalized spacial score (nSPS) is 23.8. The smallest absolute Gasteiger partial charge is 0.323 e. The molecule has 0 radical (unpaired) electrons. The highest BCUT2D eigenvalue weighted by molar-refractivity contribution is 6.07. The average Bonchev–Trinajstić information content (AvgIpc) is 2.94. The van der Waals surface area contributed by atoms with Crippen molar-refractivity contribution in [2.45, 2.75) is 71.4 Å². The lowest BCUT2D eigenvalue weighted by atomic mass is 9.67. The summed E-state index contributed by atoms with van der Waals surface area (Å²) in [5.41, 5.74) is 0.212.